The van der Waals surface area contributed by atoms with Gasteiger partial charge in [-0.3, -0.25) is 4.79 Å². The Labute approximate surface area is 125 Å². The highest BCUT2D eigenvalue weighted by Gasteiger charge is 2.16. The smallest absolute Gasteiger partial charge is 0.319 e. The molecule has 0 atom stereocenters. The lowest BCUT2D eigenvalue weighted by atomic mass is 10.1. The van der Waals surface area contributed by atoms with E-state index in [-0.39, 0.29) is 18.5 Å². The van der Waals surface area contributed by atoms with E-state index >= 15 is 0 Å². The highest BCUT2D eigenvalue weighted by molar-refractivity contribution is 5.92. The molecule has 1 heterocycles. The van der Waals surface area contributed by atoms with Crippen LogP contribution in [0, 0.1) is 0 Å². The highest BCUT2D eigenvalue weighted by atomic mass is 16.2. The summed E-state index contributed by atoms with van der Waals surface area (Å²) >= 11 is 0. The molecule has 0 aliphatic carbocycles. The molecule has 0 radical (unpaired) electrons. The first kappa shape index (κ1) is 15.4. The van der Waals surface area contributed by atoms with Gasteiger partial charge in [0, 0.05) is 18.8 Å². The first-order valence-corrected chi connectivity index (χ1v) is 7.61. The van der Waals surface area contributed by atoms with Gasteiger partial charge in [-0.15, -0.1) is 0 Å². The number of aryl methyl sites for hydroxylation is 1. The van der Waals surface area contributed by atoms with Crippen LogP contribution in [0.25, 0.3) is 0 Å². The minimum atomic E-state index is -0.332. The van der Waals surface area contributed by atoms with Gasteiger partial charge in [0.2, 0.25) is 5.91 Å². The van der Waals surface area contributed by atoms with Crippen molar-refractivity contribution in [3.8, 4) is 0 Å². The van der Waals surface area contributed by atoms with E-state index in [4.69, 9.17) is 0 Å². The van der Waals surface area contributed by atoms with Gasteiger partial charge in [0.15, 0.2) is 0 Å². The summed E-state index contributed by atoms with van der Waals surface area (Å²) < 4.78 is 0. The van der Waals surface area contributed by atoms with E-state index in [1.165, 1.54) is 6.42 Å². The lowest BCUT2D eigenvalue weighted by Crippen LogP contribution is -2.43. The van der Waals surface area contributed by atoms with Gasteiger partial charge in [-0.25, -0.2) is 4.79 Å². The first-order valence-electron chi connectivity index (χ1n) is 7.61. The molecule has 5 nitrogen and oxygen atoms in total. The number of benzene rings is 1. The van der Waals surface area contributed by atoms with Crippen molar-refractivity contribution in [2.75, 3.05) is 25.0 Å². The fourth-order valence-electron chi connectivity index (χ4n) is 2.53. The second-order valence-corrected chi connectivity index (χ2v) is 5.26. The molecule has 0 unspecified atom stereocenters. The van der Waals surface area contributed by atoms with Gasteiger partial charge in [-0.2, -0.15) is 0 Å². The SMILES string of the molecule is CCc1ccccc1NC(=O)NCC(=O)N1CCCCC1. The van der Waals surface area contributed by atoms with E-state index in [0.717, 1.165) is 43.6 Å². The second kappa shape index (κ2) is 7.67. The zero-order chi connectivity index (χ0) is 15.1. The zero-order valence-corrected chi connectivity index (χ0v) is 12.5. The van der Waals surface area contributed by atoms with Gasteiger partial charge < -0.3 is 15.5 Å². The summed E-state index contributed by atoms with van der Waals surface area (Å²) in [7, 11) is 0. The molecular weight excluding hydrogens is 266 g/mol. The number of piperidine rings is 1. The summed E-state index contributed by atoms with van der Waals surface area (Å²) in [4.78, 5) is 25.7. The second-order valence-electron chi connectivity index (χ2n) is 5.26. The number of para-hydroxylation sites is 1. The third kappa shape index (κ3) is 4.48. The quantitative estimate of drug-likeness (QED) is 0.894. The van der Waals surface area contributed by atoms with E-state index < -0.39 is 0 Å². The predicted octanol–water partition coefficient (Wildman–Crippen LogP) is 2.38. The van der Waals surface area contributed by atoms with Gasteiger partial charge in [-0.05, 0) is 37.3 Å². The topological polar surface area (TPSA) is 61.4 Å². The number of likely N-dealkylation sites (tertiary alicyclic amines) is 1. The Hall–Kier alpha value is -2.04. The Morgan fingerprint density at radius 1 is 1.14 bits per heavy atom. The van der Waals surface area contributed by atoms with Crippen LogP contribution in [0.4, 0.5) is 10.5 Å². The summed E-state index contributed by atoms with van der Waals surface area (Å²) in [6.45, 7) is 3.71. The number of carbonyl (C=O) groups is 2. The molecular formula is C16H23N3O2. The molecule has 2 rings (SSSR count). The van der Waals surface area contributed by atoms with Crippen molar-refractivity contribution >= 4 is 17.6 Å². The van der Waals surface area contributed by atoms with Crippen LogP contribution in [0.2, 0.25) is 0 Å². The molecule has 1 fully saturated rings. The van der Waals surface area contributed by atoms with Gasteiger partial charge in [0.1, 0.15) is 0 Å². The van der Waals surface area contributed by atoms with Crippen LogP contribution in [-0.4, -0.2) is 36.5 Å². The number of amides is 3. The van der Waals surface area contributed by atoms with Gasteiger partial charge in [0.05, 0.1) is 6.54 Å². The summed E-state index contributed by atoms with van der Waals surface area (Å²) in [6.07, 6.45) is 4.15. The standard InChI is InChI=1S/C16H23N3O2/c1-2-13-8-4-5-9-14(13)18-16(21)17-12-15(20)19-10-6-3-7-11-19/h4-5,8-9H,2-3,6-7,10-12H2,1H3,(H2,17,18,21). The molecule has 1 aliphatic rings. The van der Waals surface area contributed by atoms with Gasteiger partial charge in [-0.1, -0.05) is 25.1 Å². The van der Waals surface area contributed by atoms with Crippen molar-refractivity contribution in [1.29, 1.82) is 0 Å². The Morgan fingerprint density at radius 3 is 2.57 bits per heavy atom. The summed E-state index contributed by atoms with van der Waals surface area (Å²) in [5.74, 6) is -0.00590. The number of nitrogens with zero attached hydrogens (tertiary/aromatic N) is 1. The average Bonchev–Trinajstić information content (AvgIpc) is 2.54. The Bertz CT molecular complexity index is 496. The maximum Gasteiger partial charge on any atom is 0.319 e. The predicted molar refractivity (Wildman–Crippen MR) is 83.3 cm³/mol. The van der Waals surface area contributed by atoms with Gasteiger partial charge in [0.25, 0.3) is 0 Å². The van der Waals surface area contributed by atoms with Crippen LogP contribution in [0.1, 0.15) is 31.7 Å². The number of carbonyl (C=O) groups excluding carboxylic acids is 2. The highest BCUT2D eigenvalue weighted by Crippen LogP contribution is 2.15. The fraction of sp³-hybridized carbons (Fsp3) is 0.500. The lowest BCUT2D eigenvalue weighted by Gasteiger charge is -2.26. The number of urea groups is 1. The molecule has 1 saturated heterocycles. The maximum atomic E-state index is 12.0. The molecule has 1 aromatic carbocycles. The minimum Gasteiger partial charge on any atom is -0.341 e. The van der Waals surface area contributed by atoms with Crippen LogP contribution >= 0.6 is 0 Å². The molecule has 0 spiro atoms. The van der Waals surface area contributed by atoms with Crippen LogP contribution in [0.5, 0.6) is 0 Å². The normalized spacial score (nSPS) is 14.6. The number of nitrogens with one attached hydrogen (secondary N) is 2. The van der Waals surface area contributed by atoms with Crippen LogP contribution in [0.3, 0.4) is 0 Å². The molecule has 2 N–H and O–H groups in total. The van der Waals surface area contributed by atoms with E-state index in [1.54, 1.807) is 0 Å². The third-order valence-corrected chi connectivity index (χ3v) is 3.76. The molecule has 114 valence electrons. The monoisotopic (exact) mass is 289 g/mol. The Kier molecular flexibility index (Phi) is 5.60. The van der Waals surface area contributed by atoms with Crippen molar-refractivity contribution in [2.24, 2.45) is 0 Å². The van der Waals surface area contributed by atoms with Crippen molar-refractivity contribution in [2.45, 2.75) is 32.6 Å². The number of rotatable bonds is 4. The molecule has 21 heavy (non-hydrogen) atoms. The molecule has 5 heteroatoms. The molecule has 0 saturated carbocycles. The first-order chi connectivity index (χ1) is 10.2. The summed E-state index contributed by atoms with van der Waals surface area (Å²) in [5.41, 5.74) is 1.87. The lowest BCUT2D eigenvalue weighted by molar-refractivity contribution is -0.130. The number of hydrogen-bond acceptors (Lipinski definition) is 2. The fourth-order valence-corrected chi connectivity index (χ4v) is 2.53. The van der Waals surface area contributed by atoms with E-state index in [2.05, 4.69) is 10.6 Å². The largest absolute Gasteiger partial charge is 0.341 e. The van der Waals surface area contributed by atoms with E-state index in [1.807, 2.05) is 36.1 Å². The Balaban J connectivity index is 1.80. The molecule has 0 bridgehead atoms. The van der Waals surface area contributed by atoms with Crippen LogP contribution in [-0.2, 0) is 11.2 Å². The van der Waals surface area contributed by atoms with Crippen molar-refractivity contribution in [1.82, 2.24) is 10.2 Å². The molecule has 0 aromatic heterocycles. The zero-order valence-electron chi connectivity index (χ0n) is 12.5. The number of anilines is 1. The summed E-state index contributed by atoms with van der Waals surface area (Å²) in [5, 5.41) is 5.44. The maximum absolute atomic E-state index is 12.0. The Morgan fingerprint density at radius 2 is 1.86 bits per heavy atom. The van der Waals surface area contributed by atoms with Crippen LogP contribution < -0.4 is 10.6 Å². The van der Waals surface area contributed by atoms with Crippen molar-refractivity contribution < 1.29 is 9.59 Å². The van der Waals surface area contributed by atoms with Gasteiger partial charge >= 0.3 is 6.03 Å². The van der Waals surface area contributed by atoms with E-state index in [0.29, 0.717) is 0 Å². The van der Waals surface area contributed by atoms with Crippen molar-refractivity contribution in [3.05, 3.63) is 29.8 Å². The average molecular weight is 289 g/mol. The molecule has 1 aliphatic heterocycles. The number of hydrogen-bond donors (Lipinski definition) is 2. The van der Waals surface area contributed by atoms with E-state index in [9.17, 15) is 9.59 Å². The third-order valence-electron chi connectivity index (χ3n) is 3.76. The van der Waals surface area contributed by atoms with Crippen molar-refractivity contribution in [3.63, 3.8) is 0 Å². The van der Waals surface area contributed by atoms with Crippen LogP contribution in [0.15, 0.2) is 24.3 Å². The minimum absolute atomic E-state index is 0.00590. The molecule has 1 aromatic rings. The molecule has 3 amide bonds. The summed E-state index contributed by atoms with van der Waals surface area (Å²) in [6, 6.07) is 7.34.